The molecule has 0 unspecified atom stereocenters. The lowest BCUT2D eigenvalue weighted by Gasteiger charge is -2.29. The first-order valence-corrected chi connectivity index (χ1v) is 11.2. The molecule has 2 heterocycles. The number of aliphatic hydroxyl groups is 1. The third kappa shape index (κ3) is 6.15. The van der Waals surface area contributed by atoms with Crippen LogP contribution in [0, 0.1) is 0 Å². The number of carbonyl (C=O) groups is 1. The molecule has 2 amide bonds. The largest absolute Gasteiger partial charge is 0.394 e. The van der Waals surface area contributed by atoms with E-state index in [2.05, 4.69) is 20.9 Å². The van der Waals surface area contributed by atoms with Crippen LogP contribution in [0.25, 0.3) is 11.4 Å². The molecule has 0 radical (unpaired) electrons. The van der Waals surface area contributed by atoms with Crippen molar-refractivity contribution in [2.24, 2.45) is 0 Å². The molecule has 4 rings (SSSR count). The maximum atomic E-state index is 12.0. The molecule has 1 saturated carbocycles. The first-order valence-electron chi connectivity index (χ1n) is 11.2. The second kappa shape index (κ2) is 9.81. The highest BCUT2D eigenvalue weighted by Crippen LogP contribution is 2.23. The van der Waals surface area contributed by atoms with Crippen molar-refractivity contribution >= 4 is 17.5 Å². The molecule has 2 aliphatic rings. The summed E-state index contributed by atoms with van der Waals surface area (Å²) < 4.78 is 5.48. The smallest absolute Gasteiger partial charge is 0.319 e. The zero-order chi connectivity index (χ0) is 22.6. The lowest BCUT2D eigenvalue weighted by Crippen LogP contribution is -2.42. The second-order valence-corrected chi connectivity index (χ2v) is 8.99. The minimum atomic E-state index is -0.404. The quantitative estimate of drug-likeness (QED) is 0.498. The van der Waals surface area contributed by atoms with Crippen molar-refractivity contribution in [3.05, 3.63) is 36.0 Å². The van der Waals surface area contributed by atoms with Gasteiger partial charge in [-0.1, -0.05) is 0 Å². The second-order valence-electron chi connectivity index (χ2n) is 8.99. The maximum Gasteiger partial charge on any atom is 0.319 e. The van der Waals surface area contributed by atoms with Gasteiger partial charge in [-0.15, -0.1) is 0 Å². The van der Waals surface area contributed by atoms with Gasteiger partial charge in [0.2, 0.25) is 0 Å². The molecule has 0 bridgehead atoms. The fourth-order valence-corrected chi connectivity index (χ4v) is 3.33. The van der Waals surface area contributed by atoms with Gasteiger partial charge in [0.05, 0.1) is 25.5 Å². The molecule has 1 saturated heterocycles. The number of urea groups is 1. The standard InChI is InChI=1S/C23H32N6O3/c1-23(2,15-30)24-14-19-13-20(29-9-11-32-12-10-29)28-21(25-19)16-3-5-17(6-4-16)26-22(31)27-18-7-8-18/h3-6,13,18,24,30H,7-12,14-15H2,1-2H3,(H2,26,27,31). The van der Waals surface area contributed by atoms with Crippen molar-refractivity contribution in [1.29, 1.82) is 0 Å². The highest BCUT2D eigenvalue weighted by Gasteiger charge is 2.23. The average molecular weight is 441 g/mol. The summed E-state index contributed by atoms with van der Waals surface area (Å²) in [6, 6.07) is 9.69. The molecule has 9 nitrogen and oxygen atoms in total. The van der Waals surface area contributed by atoms with E-state index in [9.17, 15) is 9.90 Å². The summed E-state index contributed by atoms with van der Waals surface area (Å²) in [5, 5.41) is 18.7. The van der Waals surface area contributed by atoms with Gasteiger partial charge in [0.15, 0.2) is 5.82 Å². The van der Waals surface area contributed by atoms with Crippen molar-refractivity contribution < 1.29 is 14.6 Å². The summed E-state index contributed by atoms with van der Waals surface area (Å²) in [7, 11) is 0. The van der Waals surface area contributed by atoms with E-state index in [1.54, 1.807) is 0 Å². The van der Waals surface area contributed by atoms with E-state index >= 15 is 0 Å². The monoisotopic (exact) mass is 440 g/mol. The van der Waals surface area contributed by atoms with Gasteiger partial charge < -0.3 is 30.7 Å². The predicted octanol–water partition coefficient (Wildman–Crippen LogP) is 2.12. The van der Waals surface area contributed by atoms with Crippen molar-refractivity contribution in [2.75, 3.05) is 43.1 Å². The first kappa shape index (κ1) is 22.4. The summed E-state index contributed by atoms with van der Waals surface area (Å²) in [4.78, 5) is 23.7. The molecule has 1 aliphatic heterocycles. The van der Waals surface area contributed by atoms with Crippen LogP contribution in [0.1, 0.15) is 32.4 Å². The van der Waals surface area contributed by atoms with Gasteiger partial charge >= 0.3 is 6.03 Å². The van der Waals surface area contributed by atoms with E-state index in [-0.39, 0.29) is 12.6 Å². The Kier molecular flexibility index (Phi) is 6.88. The molecule has 9 heteroatoms. The van der Waals surface area contributed by atoms with Gasteiger partial charge in [-0.3, -0.25) is 0 Å². The van der Waals surface area contributed by atoms with Gasteiger partial charge in [-0.25, -0.2) is 14.8 Å². The number of ether oxygens (including phenoxy) is 1. The minimum absolute atomic E-state index is 0.0318. The van der Waals surface area contributed by atoms with Gasteiger partial charge in [-0.05, 0) is 51.0 Å². The highest BCUT2D eigenvalue weighted by molar-refractivity contribution is 5.89. The average Bonchev–Trinajstić information content (AvgIpc) is 3.62. The number of carbonyl (C=O) groups excluding carboxylic acids is 1. The zero-order valence-electron chi connectivity index (χ0n) is 18.7. The van der Waals surface area contributed by atoms with Crippen LogP contribution < -0.4 is 20.9 Å². The lowest BCUT2D eigenvalue weighted by atomic mass is 10.1. The van der Waals surface area contributed by atoms with E-state index in [0.717, 1.165) is 48.7 Å². The highest BCUT2D eigenvalue weighted by atomic mass is 16.5. The maximum absolute atomic E-state index is 12.0. The SMILES string of the molecule is CC(C)(CO)NCc1cc(N2CCOCC2)nc(-c2ccc(NC(=O)NC3CC3)cc2)n1. The molecule has 2 fully saturated rings. The van der Waals surface area contributed by atoms with E-state index in [1.807, 2.05) is 44.2 Å². The predicted molar refractivity (Wildman–Crippen MR) is 124 cm³/mol. The van der Waals surface area contributed by atoms with Gasteiger partial charge in [-0.2, -0.15) is 0 Å². The van der Waals surface area contributed by atoms with Crippen LogP contribution in [-0.4, -0.2) is 65.6 Å². The molecule has 0 atom stereocenters. The van der Waals surface area contributed by atoms with Gasteiger partial charge in [0, 0.05) is 48.5 Å². The number of hydrogen-bond acceptors (Lipinski definition) is 7. The molecular weight excluding hydrogens is 408 g/mol. The summed E-state index contributed by atoms with van der Waals surface area (Å²) in [6.07, 6.45) is 2.10. The Morgan fingerprint density at radius 2 is 1.91 bits per heavy atom. The Hall–Kier alpha value is -2.75. The van der Waals surface area contributed by atoms with Crippen LogP contribution in [-0.2, 0) is 11.3 Å². The van der Waals surface area contributed by atoms with Crippen molar-refractivity contribution in [3.63, 3.8) is 0 Å². The van der Waals surface area contributed by atoms with E-state index in [1.165, 1.54) is 0 Å². The van der Waals surface area contributed by atoms with E-state index < -0.39 is 5.54 Å². The summed E-state index contributed by atoms with van der Waals surface area (Å²) >= 11 is 0. The topological polar surface area (TPSA) is 112 Å². The number of morpholine rings is 1. The summed E-state index contributed by atoms with van der Waals surface area (Å²) in [6.45, 7) is 7.36. The molecule has 1 aliphatic carbocycles. The normalized spacial score (nSPS) is 16.7. The molecule has 2 aromatic rings. The van der Waals surface area contributed by atoms with Crippen LogP contribution in [0.15, 0.2) is 30.3 Å². The lowest BCUT2D eigenvalue weighted by molar-refractivity contribution is 0.122. The van der Waals surface area contributed by atoms with Crippen LogP contribution >= 0.6 is 0 Å². The minimum Gasteiger partial charge on any atom is -0.394 e. The van der Waals surface area contributed by atoms with Crippen LogP contribution in [0.4, 0.5) is 16.3 Å². The van der Waals surface area contributed by atoms with Crippen LogP contribution in [0.3, 0.4) is 0 Å². The number of anilines is 2. The molecule has 32 heavy (non-hydrogen) atoms. The number of nitrogens with zero attached hydrogens (tertiary/aromatic N) is 3. The van der Waals surface area contributed by atoms with E-state index in [4.69, 9.17) is 14.7 Å². The van der Waals surface area contributed by atoms with Crippen LogP contribution in [0.2, 0.25) is 0 Å². The Bertz CT molecular complexity index is 924. The molecule has 1 aromatic carbocycles. The molecule has 1 aromatic heterocycles. The summed E-state index contributed by atoms with van der Waals surface area (Å²) in [5.41, 5.74) is 2.04. The molecule has 172 valence electrons. The Balaban J connectivity index is 1.53. The van der Waals surface area contributed by atoms with E-state index in [0.29, 0.717) is 31.6 Å². The third-order valence-corrected chi connectivity index (χ3v) is 5.56. The Labute approximate surface area is 188 Å². The fourth-order valence-electron chi connectivity index (χ4n) is 3.33. The summed E-state index contributed by atoms with van der Waals surface area (Å²) in [5.74, 6) is 1.49. The molecule has 0 spiro atoms. The van der Waals surface area contributed by atoms with Crippen LogP contribution in [0.5, 0.6) is 0 Å². The van der Waals surface area contributed by atoms with Crippen molar-refractivity contribution in [1.82, 2.24) is 20.6 Å². The number of aliphatic hydroxyl groups excluding tert-OH is 1. The zero-order valence-corrected chi connectivity index (χ0v) is 18.7. The number of amides is 2. The number of hydrogen-bond donors (Lipinski definition) is 4. The van der Waals surface area contributed by atoms with Crippen molar-refractivity contribution in [2.45, 2.75) is 44.8 Å². The van der Waals surface area contributed by atoms with Gasteiger partial charge in [0.25, 0.3) is 0 Å². The Morgan fingerprint density at radius 1 is 1.19 bits per heavy atom. The van der Waals surface area contributed by atoms with Crippen molar-refractivity contribution in [3.8, 4) is 11.4 Å². The number of nitrogens with one attached hydrogen (secondary N) is 3. The molecular formula is C23H32N6O3. The first-order chi connectivity index (χ1) is 15.4. The number of benzene rings is 1. The van der Waals surface area contributed by atoms with Gasteiger partial charge in [0.1, 0.15) is 5.82 Å². The Morgan fingerprint density at radius 3 is 2.56 bits per heavy atom. The molecule has 4 N–H and O–H groups in total. The number of aromatic nitrogens is 2. The third-order valence-electron chi connectivity index (χ3n) is 5.56. The fraction of sp³-hybridized carbons (Fsp3) is 0.522. The number of rotatable bonds is 8.